The van der Waals surface area contributed by atoms with Crippen LogP contribution in [-0.2, 0) is 16.1 Å². The number of anilines is 1. The molecule has 5 nitrogen and oxygen atoms in total. The summed E-state index contributed by atoms with van der Waals surface area (Å²) in [7, 11) is 0. The minimum absolute atomic E-state index is 0.0836. The van der Waals surface area contributed by atoms with E-state index in [1.165, 1.54) is 17.3 Å². The van der Waals surface area contributed by atoms with Gasteiger partial charge in [-0.25, -0.2) is 0 Å². The van der Waals surface area contributed by atoms with E-state index in [1.54, 1.807) is 0 Å². The number of rotatable bonds is 7. The first kappa shape index (κ1) is 21.7. The molecule has 1 saturated heterocycles. The number of hydrogen-bond acceptors (Lipinski definition) is 4. The molecule has 7 heteroatoms. The van der Waals surface area contributed by atoms with Gasteiger partial charge in [-0.2, -0.15) is 0 Å². The Morgan fingerprint density at radius 2 is 1.79 bits per heavy atom. The van der Waals surface area contributed by atoms with Crippen LogP contribution in [-0.4, -0.2) is 59.3 Å². The molecule has 2 aromatic carbocycles. The molecule has 1 aliphatic rings. The Morgan fingerprint density at radius 3 is 2.52 bits per heavy atom. The average molecular weight is 432 g/mol. The Hall–Kier alpha value is -2.02. The summed E-state index contributed by atoms with van der Waals surface area (Å²) in [5, 5.41) is 3.62. The summed E-state index contributed by atoms with van der Waals surface area (Å²) in [6.07, 6.45) is 0. The molecule has 0 aromatic heterocycles. The number of nitrogens with one attached hydrogen (secondary N) is 1. The van der Waals surface area contributed by atoms with E-state index >= 15 is 0 Å². The van der Waals surface area contributed by atoms with Crippen molar-refractivity contribution in [1.29, 1.82) is 0 Å². The van der Waals surface area contributed by atoms with Crippen LogP contribution in [0.5, 0.6) is 0 Å². The van der Waals surface area contributed by atoms with Crippen LogP contribution in [0.4, 0.5) is 5.69 Å². The van der Waals surface area contributed by atoms with E-state index in [1.807, 2.05) is 54.3 Å². The van der Waals surface area contributed by atoms with E-state index in [4.69, 9.17) is 11.6 Å². The molecule has 1 fully saturated rings. The van der Waals surface area contributed by atoms with Gasteiger partial charge in [-0.15, -0.1) is 11.8 Å². The summed E-state index contributed by atoms with van der Waals surface area (Å²) in [6.45, 7) is 5.95. The standard InChI is InChI=1S/C22H26ClN3O2S/c1-17-4-2-7-20(12-17)24-21(27)15-29-16-22(28)26-10-8-25(9-11-26)14-18-5-3-6-19(23)13-18/h2-7,12-13H,8-11,14-16H2,1H3,(H,24,27). The fourth-order valence-electron chi connectivity index (χ4n) is 3.29. The number of thioether (sulfide) groups is 1. The SMILES string of the molecule is Cc1cccc(NC(=O)CSCC(=O)N2CCN(Cc3cccc(Cl)c3)CC2)c1. The van der Waals surface area contributed by atoms with E-state index in [0.717, 1.165) is 49.0 Å². The molecule has 3 rings (SSSR count). The first-order valence-corrected chi connectivity index (χ1v) is 11.2. The maximum atomic E-state index is 12.4. The van der Waals surface area contributed by atoms with Gasteiger partial charge in [0.15, 0.2) is 0 Å². The molecule has 0 radical (unpaired) electrons. The lowest BCUT2D eigenvalue weighted by Gasteiger charge is -2.34. The number of carbonyl (C=O) groups is 2. The Labute approximate surface area is 181 Å². The average Bonchev–Trinajstić information content (AvgIpc) is 2.68. The number of piperazine rings is 1. The number of benzene rings is 2. The van der Waals surface area contributed by atoms with Crippen molar-refractivity contribution >= 4 is 40.9 Å². The van der Waals surface area contributed by atoms with Crippen LogP contribution in [0.25, 0.3) is 0 Å². The minimum Gasteiger partial charge on any atom is -0.339 e. The predicted octanol–water partition coefficient (Wildman–Crippen LogP) is 3.66. The smallest absolute Gasteiger partial charge is 0.234 e. The van der Waals surface area contributed by atoms with E-state index in [9.17, 15) is 9.59 Å². The van der Waals surface area contributed by atoms with Crippen LogP contribution in [0.2, 0.25) is 5.02 Å². The van der Waals surface area contributed by atoms with Gasteiger partial charge in [-0.05, 0) is 42.3 Å². The predicted molar refractivity (Wildman–Crippen MR) is 120 cm³/mol. The summed E-state index contributed by atoms with van der Waals surface area (Å²) in [4.78, 5) is 28.7. The van der Waals surface area contributed by atoms with Crippen LogP contribution >= 0.6 is 23.4 Å². The van der Waals surface area contributed by atoms with Gasteiger partial charge in [0.1, 0.15) is 0 Å². The zero-order valence-electron chi connectivity index (χ0n) is 16.6. The first-order valence-electron chi connectivity index (χ1n) is 9.68. The van der Waals surface area contributed by atoms with Crippen molar-refractivity contribution in [2.24, 2.45) is 0 Å². The molecule has 0 bridgehead atoms. The fraction of sp³-hybridized carbons (Fsp3) is 0.364. The molecular formula is C22H26ClN3O2S. The van der Waals surface area contributed by atoms with Gasteiger partial charge < -0.3 is 10.2 Å². The zero-order valence-corrected chi connectivity index (χ0v) is 18.1. The maximum absolute atomic E-state index is 12.4. The van der Waals surface area contributed by atoms with Crippen LogP contribution in [0.15, 0.2) is 48.5 Å². The molecule has 0 atom stereocenters. The van der Waals surface area contributed by atoms with Crippen molar-refractivity contribution in [3.05, 3.63) is 64.7 Å². The largest absolute Gasteiger partial charge is 0.339 e. The molecule has 154 valence electrons. The molecule has 29 heavy (non-hydrogen) atoms. The van der Waals surface area contributed by atoms with E-state index < -0.39 is 0 Å². The Balaban J connectivity index is 1.35. The van der Waals surface area contributed by atoms with Crippen LogP contribution in [0.1, 0.15) is 11.1 Å². The summed E-state index contributed by atoms with van der Waals surface area (Å²) in [6, 6.07) is 15.6. The van der Waals surface area contributed by atoms with Crippen LogP contribution in [0.3, 0.4) is 0 Å². The van der Waals surface area contributed by atoms with Crippen LogP contribution < -0.4 is 5.32 Å². The molecule has 0 aliphatic carbocycles. The van der Waals surface area contributed by atoms with Crippen molar-refractivity contribution in [2.75, 3.05) is 43.0 Å². The number of hydrogen-bond donors (Lipinski definition) is 1. The normalized spacial score (nSPS) is 14.6. The molecule has 1 N–H and O–H groups in total. The highest BCUT2D eigenvalue weighted by atomic mass is 35.5. The highest BCUT2D eigenvalue weighted by molar-refractivity contribution is 8.00. The van der Waals surface area contributed by atoms with E-state index in [2.05, 4.69) is 16.3 Å². The lowest BCUT2D eigenvalue weighted by Crippen LogP contribution is -2.48. The Morgan fingerprint density at radius 1 is 1.03 bits per heavy atom. The third-order valence-corrected chi connectivity index (χ3v) is 5.93. The molecular weight excluding hydrogens is 406 g/mol. The second-order valence-corrected chi connectivity index (χ2v) is 8.62. The van der Waals surface area contributed by atoms with Crippen molar-refractivity contribution in [3.63, 3.8) is 0 Å². The van der Waals surface area contributed by atoms with Gasteiger partial charge in [0, 0.05) is 43.4 Å². The summed E-state index contributed by atoms with van der Waals surface area (Å²) in [5.74, 6) is 0.615. The van der Waals surface area contributed by atoms with Crippen LogP contribution in [0, 0.1) is 6.92 Å². The number of nitrogens with zero attached hydrogens (tertiary/aromatic N) is 2. The van der Waals surface area contributed by atoms with Gasteiger partial charge in [0.25, 0.3) is 0 Å². The van der Waals surface area contributed by atoms with Crippen molar-refractivity contribution in [1.82, 2.24) is 9.80 Å². The first-order chi connectivity index (χ1) is 14.0. The summed E-state index contributed by atoms with van der Waals surface area (Å²) in [5.41, 5.74) is 3.07. The van der Waals surface area contributed by atoms with E-state index in [-0.39, 0.29) is 17.6 Å². The molecule has 0 saturated carbocycles. The number of aryl methyl sites for hydroxylation is 1. The third-order valence-electron chi connectivity index (χ3n) is 4.78. The lowest BCUT2D eigenvalue weighted by molar-refractivity contribution is -0.130. The van der Waals surface area contributed by atoms with E-state index in [0.29, 0.717) is 5.75 Å². The second kappa shape index (κ2) is 10.7. The van der Waals surface area contributed by atoms with Gasteiger partial charge in [0.2, 0.25) is 11.8 Å². The van der Waals surface area contributed by atoms with Gasteiger partial charge in [-0.1, -0.05) is 35.9 Å². The summed E-state index contributed by atoms with van der Waals surface area (Å²) >= 11 is 7.41. The van der Waals surface area contributed by atoms with Gasteiger partial charge in [0.05, 0.1) is 11.5 Å². The topological polar surface area (TPSA) is 52.7 Å². The number of carbonyl (C=O) groups excluding carboxylic acids is 2. The van der Waals surface area contributed by atoms with Gasteiger partial charge >= 0.3 is 0 Å². The monoisotopic (exact) mass is 431 g/mol. The molecule has 0 unspecified atom stereocenters. The molecule has 0 spiro atoms. The molecule has 2 aromatic rings. The minimum atomic E-state index is -0.0836. The fourth-order valence-corrected chi connectivity index (χ4v) is 4.22. The molecule has 1 heterocycles. The van der Waals surface area contributed by atoms with Gasteiger partial charge in [-0.3, -0.25) is 14.5 Å². The third kappa shape index (κ3) is 7.07. The second-order valence-electron chi connectivity index (χ2n) is 7.20. The summed E-state index contributed by atoms with van der Waals surface area (Å²) < 4.78 is 0. The number of halogens is 1. The zero-order chi connectivity index (χ0) is 20.6. The highest BCUT2D eigenvalue weighted by Crippen LogP contribution is 2.15. The van der Waals surface area contributed by atoms with Crippen molar-refractivity contribution < 1.29 is 9.59 Å². The molecule has 1 aliphatic heterocycles. The highest BCUT2D eigenvalue weighted by Gasteiger charge is 2.21. The van der Waals surface area contributed by atoms with Crippen molar-refractivity contribution in [2.45, 2.75) is 13.5 Å². The van der Waals surface area contributed by atoms with Crippen molar-refractivity contribution in [3.8, 4) is 0 Å². The number of amides is 2. The Bertz CT molecular complexity index is 853. The Kier molecular flexibility index (Phi) is 7.98. The quantitative estimate of drug-likeness (QED) is 0.726. The maximum Gasteiger partial charge on any atom is 0.234 e. The molecule has 2 amide bonds. The lowest BCUT2D eigenvalue weighted by atomic mass is 10.2.